The normalized spacial score (nSPS) is 24.5. The number of likely N-dealkylation sites (tertiary alicyclic amines) is 1. The number of carbonyl (C=O) groups excluding carboxylic acids is 1. The SMILES string of the molecule is O=C(O)CCC(=O)Nc1ccc([C@@H]2O[C@H](CN3CCC[C@H]3CO)C[C@H](c3ccc(CO)cc3)O2)cc1. The van der Waals surface area contributed by atoms with Gasteiger partial charge in [0.15, 0.2) is 6.29 Å². The molecule has 2 aromatic carbocycles. The van der Waals surface area contributed by atoms with Gasteiger partial charge in [-0.1, -0.05) is 36.4 Å². The predicted molar refractivity (Wildman–Crippen MR) is 132 cm³/mol. The first kappa shape index (κ1) is 26.2. The van der Waals surface area contributed by atoms with Crippen molar-refractivity contribution in [1.82, 2.24) is 4.90 Å². The van der Waals surface area contributed by atoms with Crippen LogP contribution in [0.15, 0.2) is 48.5 Å². The van der Waals surface area contributed by atoms with Gasteiger partial charge in [0.25, 0.3) is 0 Å². The summed E-state index contributed by atoms with van der Waals surface area (Å²) in [5.41, 5.74) is 3.22. The number of amides is 1. The van der Waals surface area contributed by atoms with Gasteiger partial charge in [-0.15, -0.1) is 0 Å². The number of hydrogen-bond donors (Lipinski definition) is 4. The molecule has 194 valence electrons. The first-order valence-electron chi connectivity index (χ1n) is 12.4. The van der Waals surface area contributed by atoms with Crippen molar-refractivity contribution in [2.24, 2.45) is 0 Å². The van der Waals surface area contributed by atoms with Crippen LogP contribution in [0.5, 0.6) is 0 Å². The van der Waals surface area contributed by atoms with Gasteiger partial charge in [0, 0.05) is 36.7 Å². The molecule has 2 saturated heterocycles. The number of anilines is 1. The van der Waals surface area contributed by atoms with Crippen LogP contribution in [-0.4, -0.2) is 63.9 Å². The van der Waals surface area contributed by atoms with E-state index in [-0.39, 0.29) is 50.2 Å². The number of carboxylic acid groups (broad SMARTS) is 1. The zero-order chi connectivity index (χ0) is 25.5. The van der Waals surface area contributed by atoms with Crippen LogP contribution in [0.1, 0.15) is 61.2 Å². The lowest BCUT2D eigenvalue weighted by molar-refractivity contribution is -0.253. The van der Waals surface area contributed by atoms with E-state index in [0.717, 1.165) is 36.1 Å². The molecule has 0 spiro atoms. The van der Waals surface area contributed by atoms with E-state index in [1.807, 2.05) is 36.4 Å². The van der Waals surface area contributed by atoms with Crippen molar-refractivity contribution >= 4 is 17.6 Å². The molecule has 4 rings (SSSR count). The van der Waals surface area contributed by atoms with Gasteiger partial charge in [0.05, 0.1) is 31.8 Å². The summed E-state index contributed by atoms with van der Waals surface area (Å²) in [6, 6.07) is 15.0. The van der Waals surface area contributed by atoms with Crippen LogP contribution in [0.25, 0.3) is 0 Å². The van der Waals surface area contributed by atoms with E-state index in [1.54, 1.807) is 12.1 Å². The number of benzene rings is 2. The minimum atomic E-state index is -1.01. The topological polar surface area (TPSA) is 129 Å². The van der Waals surface area contributed by atoms with Crippen molar-refractivity contribution in [1.29, 1.82) is 0 Å². The van der Waals surface area contributed by atoms with Crippen LogP contribution in [0.4, 0.5) is 5.69 Å². The van der Waals surface area contributed by atoms with Gasteiger partial charge >= 0.3 is 5.97 Å². The van der Waals surface area contributed by atoms with Crippen molar-refractivity contribution in [2.75, 3.05) is 25.0 Å². The second kappa shape index (κ2) is 12.4. The fourth-order valence-electron chi connectivity index (χ4n) is 4.80. The van der Waals surface area contributed by atoms with Gasteiger partial charge in [0.2, 0.25) is 5.91 Å². The maximum Gasteiger partial charge on any atom is 0.303 e. The standard InChI is InChI=1S/C27H34N2O7/c30-16-18-3-5-19(6-4-18)24-14-23(15-29-13-1-2-22(29)17-31)35-27(36-24)20-7-9-21(10-8-20)28-25(32)11-12-26(33)34/h3-10,22-24,27,30-31H,1-2,11-17H2,(H,28,32)(H,33,34)/t22-,23-,24+,27+/m0/s1. The van der Waals surface area contributed by atoms with E-state index < -0.39 is 12.3 Å². The Kier molecular flexibility index (Phi) is 9.06. The quantitative estimate of drug-likeness (QED) is 0.394. The fraction of sp³-hybridized carbons (Fsp3) is 0.481. The summed E-state index contributed by atoms with van der Waals surface area (Å²) in [6.07, 6.45) is 1.48. The van der Waals surface area contributed by atoms with Crippen LogP contribution in [0.3, 0.4) is 0 Å². The average Bonchev–Trinajstić information content (AvgIpc) is 3.34. The molecule has 2 aliphatic rings. The van der Waals surface area contributed by atoms with Crippen molar-refractivity contribution in [3.8, 4) is 0 Å². The molecule has 2 aliphatic heterocycles. The summed E-state index contributed by atoms with van der Waals surface area (Å²) in [5.74, 6) is -1.37. The Morgan fingerprint density at radius 1 is 0.972 bits per heavy atom. The lowest BCUT2D eigenvalue weighted by Crippen LogP contribution is -2.42. The molecule has 0 radical (unpaired) electrons. The van der Waals surface area contributed by atoms with Gasteiger partial charge in [-0.05, 0) is 42.6 Å². The Balaban J connectivity index is 1.47. The highest BCUT2D eigenvalue weighted by atomic mass is 16.7. The minimum absolute atomic E-state index is 0.0170. The molecule has 9 nitrogen and oxygen atoms in total. The molecule has 0 saturated carbocycles. The monoisotopic (exact) mass is 498 g/mol. The Labute approximate surface area is 210 Å². The molecule has 36 heavy (non-hydrogen) atoms. The molecule has 0 unspecified atom stereocenters. The van der Waals surface area contributed by atoms with Gasteiger partial charge in [-0.25, -0.2) is 0 Å². The molecule has 2 fully saturated rings. The third kappa shape index (κ3) is 6.89. The Morgan fingerprint density at radius 3 is 2.36 bits per heavy atom. The highest BCUT2D eigenvalue weighted by Crippen LogP contribution is 2.39. The van der Waals surface area contributed by atoms with Crippen molar-refractivity contribution in [2.45, 2.75) is 63.3 Å². The summed E-state index contributed by atoms with van der Waals surface area (Å²) >= 11 is 0. The van der Waals surface area contributed by atoms with Gasteiger partial charge < -0.3 is 30.1 Å². The van der Waals surface area contributed by atoms with Crippen LogP contribution in [-0.2, 0) is 25.7 Å². The zero-order valence-corrected chi connectivity index (χ0v) is 20.2. The highest BCUT2D eigenvalue weighted by molar-refractivity contribution is 5.92. The minimum Gasteiger partial charge on any atom is -0.481 e. The van der Waals surface area contributed by atoms with Crippen LogP contribution < -0.4 is 5.32 Å². The number of ether oxygens (including phenoxy) is 2. The number of aliphatic hydroxyl groups excluding tert-OH is 2. The lowest BCUT2D eigenvalue weighted by Gasteiger charge is -2.38. The molecule has 2 aromatic rings. The molecule has 0 bridgehead atoms. The number of nitrogens with zero attached hydrogens (tertiary/aromatic N) is 1. The molecule has 2 heterocycles. The number of rotatable bonds is 10. The van der Waals surface area contributed by atoms with Gasteiger partial charge in [0.1, 0.15) is 0 Å². The molecular weight excluding hydrogens is 464 g/mol. The molecule has 0 aliphatic carbocycles. The Morgan fingerprint density at radius 2 is 1.69 bits per heavy atom. The van der Waals surface area contributed by atoms with E-state index in [2.05, 4.69) is 10.2 Å². The number of aliphatic hydroxyl groups is 2. The predicted octanol–water partition coefficient (Wildman–Crippen LogP) is 2.98. The van der Waals surface area contributed by atoms with Gasteiger partial charge in [-0.2, -0.15) is 0 Å². The Bertz CT molecular complexity index is 1010. The molecule has 4 atom stereocenters. The largest absolute Gasteiger partial charge is 0.481 e. The van der Waals surface area contributed by atoms with E-state index >= 15 is 0 Å². The number of nitrogens with one attached hydrogen (secondary N) is 1. The summed E-state index contributed by atoms with van der Waals surface area (Å²) in [4.78, 5) is 24.9. The van der Waals surface area contributed by atoms with E-state index in [9.17, 15) is 19.8 Å². The summed E-state index contributed by atoms with van der Waals surface area (Å²) < 4.78 is 12.7. The van der Waals surface area contributed by atoms with Crippen LogP contribution in [0, 0.1) is 0 Å². The molecule has 0 aromatic heterocycles. The number of carboxylic acids is 1. The highest BCUT2D eigenvalue weighted by Gasteiger charge is 2.35. The summed E-state index contributed by atoms with van der Waals surface area (Å²) in [5, 5.41) is 30.6. The van der Waals surface area contributed by atoms with Crippen molar-refractivity contribution in [3.63, 3.8) is 0 Å². The van der Waals surface area contributed by atoms with Crippen molar-refractivity contribution in [3.05, 3.63) is 65.2 Å². The third-order valence-electron chi connectivity index (χ3n) is 6.80. The number of aliphatic carboxylic acids is 1. The van der Waals surface area contributed by atoms with E-state index in [1.165, 1.54) is 0 Å². The third-order valence-corrected chi connectivity index (χ3v) is 6.80. The van der Waals surface area contributed by atoms with Crippen LogP contribution >= 0.6 is 0 Å². The summed E-state index contributed by atoms with van der Waals surface area (Å²) in [7, 11) is 0. The number of hydrogen-bond acceptors (Lipinski definition) is 7. The average molecular weight is 499 g/mol. The van der Waals surface area contributed by atoms with Gasteiger partial charge in [-0.3, -0.25) is 14.5 Å². The Hall–Kier alpha value is -2.82. The van der Waals surface area contributed by atoms with Crippen LogP contribution in [0.2, 0.25) is 0 Å². The molecule has 1 amide bonds. The second-order valence-electron chi connectivity index (χ2n) is 9.39. The summed E-state index contributed by atoms with van der Waals surface area (Å²) in [6.45, 7) is 1.76. The first-order valence-corrected chi connectivity index (χ1v) is 12.4. The number of carbonyl (C=O) groups is 2. The zero-order valence-electron chi connectivity index (χ0n) is 20.2. The maximum atomic E-state index is 11.9. The lowest BCUT2D eigenvalue weighted by atomic mass is 9.99. The van der Waals surface area contributed by atoms with E-state index in [0.29, 0.717) is 18.7 Å². The first-order chi connectivity index (χ1) is 17.4. The van der Waals surface area contributed by atoms with Crippen molar-refractivity contribution < 1.29 is 34.4 Å². The molecular formula is C27H34N2O7. The fourth-order valence-corrected chi connectivity index (χ4v) is 4.80. The smallest absolute Gasteiger partial charge is 0.303 e. The van der Waals surface area contributed by atoms with E-state index in [4.69, 9.17) is 14.6 Å². The maximum absolute atomic E-state index is 11.9. The second-order valence-corrected chi connectivity index (χ2v) is 9.39. The molecule has 4 N–H and O–H groups in total. The molecule has 9 heteroatoms.